The molecule has 0 aliphatic carbocycles. The summed E-state index contributed by atoms with van der Waals surface area (Å²) in [4.78, 5) is 25.3. The van der Waals surface area contributed by atoms with Gasteiger partial charge in [-0.25, -0.2) is 10.2 Å². The van der Waals surface area contributed by atoms with Crippen LogP contribution in [0.5, 0.6) is 5.75 Å². The molecular formula is C27H20ClN5O3S2. The van der Waals surface area contributed by atoms with Crippen LogP contribution in [0.25, 0.3) is 15.8 Å². The van der Waals surface area contributed by atoms with E-state index in [1.54, 1.807) is 24.3 Å². The van der Waals surface area contributed by atoms with Crippen molar-refractivity contribution in [3.05, 3.63) is 100 Å². The lowest BCUT2D eigenvalue weighted by Crippen LogP contribution is -2.20. The Balaban J connectivity index is 1.14. The minimum absolute atomic E-state index is 0.123. The van der Waals surface area contributed by atoms with E-state index in [1.165, 1.54) is 29.3 Å². The topological polar surface area (TPSA) is 98.5 Å². The fourth-order valence-corrected chi connectivity index (χ4v) is 5.75. The molecule has 2 aromatic heterocycles. The first-order chi connectivity index (χ1) is 18.5. The molecule has 0 radical (unpaired) electrons. The summed E-state index contributed by atoms with van der Waals surface area (Å²) in [5.74, 6) is 0.437. The number of halogens is 1. The van der Waals surface area contributed by atoms with Gasteiger partial charge in [0, 0.05) is 15.8 Å². The van der Waals surface area contributed by atoms with Crippen LogP contribution in [0.1, 0.15) is 21.1 Å². The van der Waals surface area contributed by atoms with Gasteiger partial charge in [-0.15, -0.1) is 21.5 Å². The van der Waals surface area contributed by atoms with Gasteiger partial charge in [-0.3, -0.25) is 9.36 Å². The maximum Gasteiger partial charge on any atom is 0.355 e. The number of benzene rings is 3. The van der Waals surface area contributed by atoms with Gasteiger partial charge in [0.15, 0.2) is 5.16 Å². The molecule has 11 heteroatoms. The minimum atomic E-state index is -0.513. The molecule has 1 amide bonds. The van der Waals surface area contributed by atoms with Crippen molar-refractivity contribution < 1.29 is 14.3 Å². The fraction of sp³-hybridized carbons (Fsp3) is 0.0741. The molecule has 0 bridgehead atoms. The molecule has 1 N–H and O–H groups in total. The van der Waals surface area contributed by atoms with Crippen LogP contribution in [0.4, 0.5) is 0 Å². The SMILES string of the molecule is Cc1nnc(SCC(=O)N/N=C/c2ccc(OC(=O)c3sc4ccccc4c3Cl)cc2)n1-c1ccccc1. The lowest BCUT2D eigenvalue weighted by atomic mass is 10.2. The van der Waals surface area contributed by atoms with Crippen molar-refractivity contribution in [1.82, 2.24) is 20.2 Å². The number of fused-ring (bicyclic) bond motifs is 1. The van der Waals surface area contributed by atoms with Crippen LogP contribution < -0.4 is 10.2 Å². The van der Waals surface area contributed by atoms with E-state index in [-0.39, 0.29) is 11.7 Å². The molecule has 0 aliphatic rings. The molecule has 0 saturated heterocycles. The molecule has 3 aromatic carbocycles. The number of amides is 1. The molecule has 0 spiro atoms. The number of hydrogen-bond donors (Lipinski definition) is 1. The van der Waals surface area contributed by atoms with Crippen LogP contribution in [0, 0.1) is 6.92 Å². The number of para-hydroxylation sites is 1. The highest BCUT2D eigenvalue weighted by atomic mass is 35.5. The van der Waals surface area contributed by atoms with Crippen molar-refractivity contribution in [2.45, 2.75) is 12.1 Å². The van der Waals surface area contributed by atoms with Crippen LogP contribution in [-0.2, 0) is 4.79 Å². The molecule has 0 aliphatic heterocycles. The van der Waals surface area contributed by atoms with Crippen molar-refractivity contribution in [1.29, 1.82) is 0 Å². The molecule has 8 nitrogen and oxygen atoms in total. The molecular weight excluding hydrogens is 542 g/mol. The van der Waals surface area contributed by atoms with E-state index >= 15 is 0 Å². The highest BCUT2D eigenvalue weighted by molar-refractivity contribution is 7.99. The number of thioether (sulfide) groups is 1. The summed E-state index contributed by atoms with van der Waals surface area (Å²) in [5, 5.41) is 14.1. The fourth-order valence-electron chi connectivity index (χ4n) is 3.57. The van der Waals surface area contributed by atoms with Crippen LogP contribution in [0.15, 0.2) is 89.1 Å². The molecule has 0 saturated carbocycles. The number of hydrazone groups is 1. The standard InChI is InChI=1S/C27H20ClN5O3S2/c1-17-30-32-27(33(17)19-7-3-2-4-8-19)37-16-23(34)31-29-15-18-11-13-20(14-12-18)36-26(35)25-24(28)21-9-5-6-10-22(21)38-25/h2-15H,16H2,1H3,(H,31,34)/b29-15+. The second kappa shape index (κ2) is 11.6. The number of aryl methyl sites for hydroxylation is 1. The van der Waals surface area contributed by atoms with Crippen LogP contribution in [0.2, 0.25) is 5.02 Å². The zero-order valence-corrected chi connectivity index (χ0v) is 22.4. The lowest BCUT2D eigenvalue weighted by Gasteiger charge is -2.07. The first-order valence-electron chi connectivity index (χ1n) is 11.4. The minimum Gasteiger partial charge on any atom is -0.422 e. The van der Waals surface area contributed by atoms with Gasteiger partial charge < -0.3 is 4.74 Å². The third-order valence-electron chi connectivity index (χ3n) is 5.36. The summed E-state index contributed by atoms with van der Waals surface area (Å²) in [6.45, 7) is 1.86. The molecule has 0 fully saturated rings. The zero-order valence-electron chi connectivity index (χ0n) is 20.0. The average molecular weight is 562 g/mol. The first-order valence-corrected chi connectivity index (χ1v) is 13.6. The number of aromatic nitrogens is 3. The largest absolute Gasteiger partial charge is 0.422 e. The monoisotopic (exact) mass is 561 g/mol. The Morgan fingerprint density at radius 3 is 2.55 bits per heavy atom. The zero-order chi connectivity index (χ0) is 26.5. The van der Waals surface area contributed by atoms with Crippen molar-refractivity contribution in [3.8, 4) is 11.4 Å². The predicted molar refractivity (Wildman–Crippen MR) is 151 cm³/mol. The van der Waals surface area contributed by atoms with Gasteiger partial charge in [-0.1, -0.05) is 59.8 Å². The summed E-state index contributed by atoms with van der Waals surface area (Å²) in [6, 6.07) is 24.0. The van der Waals surface area contributed by atoms with Gasteiger partial charge in [0.05, 0.1) is 17.0 Å². The van der Waals surface area contributed by atoms with E-state index < -0.39 is 5.97 Å². The van der Waals surface area contributed by atoms with Gasteiger partial charge in [0.2, 0.25) is 0 Å². The average Bonchev–Trinajstić information content (AvgIpc) is 3.48. The van der Waals surface area contributed by atoms with Gasteiger partial charge in [-0.2, -0.15) is 5.10 Å². The number of rotatable bonds is 8. The molecule has 0 unspecified atom stereocenters. The Hall–Kier alpha value is -3.99. The highest BCUT2D eigenvalue weighted by Crippen LogP contribution is 2.35. The number of ether oxygens (including phenoxy) is 1. The molecule has 5 rings (SSSR count). The van der Waals surface area contributed by atoms with E-state index in [4.69, 9.17) is 16.3 Å². The van der Waals surface area contributed by atoms with Gasteiger partial charge in [0.25, 0.3) is 5.91 Å². The van der Waals surface area contributed by atoms with E-state index in [2.05, 4.69) is 20.7 Å². The van der Waals surface area contributed by atoms with Crippen LogP contribution in [0.3, 0.4) is 0 Å². The Bertz CT molecular complexity index is 1630. The maximum absolute atomic E-state index is 12.6. The number of carbonyl (C=O) groups excluding carboxylic acids is 2. The molecule has 0 atom stereocenters. The van der Waals surface area contributed by atoms with Crippen molar-refractivity contribution in [2.24, 2.45) is 5.10 Å². The molecule has 2 heterocycles. The van der Waals surface area contributed by atoms with E-state index in [1.807, 2.05) is 66.1 Å². The number of thiophene rings is 1. The van der Waals surface area contributed by atoms with E-state index in [0.29, 0.717) is 20.8 Å². The van der Waals surface area contributed by atoms with Gasteiger partial charge >= 0.3 is 5.97 Å². The molecule has 190 valence electrons. The Labute approximate surface area is 231 Å². The number of hydrogen-bond acceptors (Lipinski definition) is 8. The first kappa shape index (κ1) is 25.7. The third kappa shape index (κ3) is 5.77. The van der Waals surface area contributed by atoms with Gasteiger partial charge in [-0.05, 0) is 55.0 Å². The van der Waals surface area contributed by atoms with Crippen LogP contribution in [-0.4, -0.2) is 38.6 Å². The second-order valence-electron chi connectivity index (χ2n) is 7.98. The van der Waals surface area contributed by atoms with Gasteiger partial charge in [0.1, 0.15) is 16.5 Å². The summed E-state index contributed by atoms with van der Waals surface area (Å²) in [5.41, 5.74) is 4.16. The lowest BCUT2D eigenvalue weighted by molar-refractivity contribution is -0.118. The van der Waals surface area contributed by atoms with Crippen molar-refractivity contribution in [3.63, 3.8) is 0 Å². The summed E-state index contributed by atoms with van der Waals surface area (Å²) in [6.07, 6.45) is 1.51. The molecule has 38 heavy (non-hydrogen) atoms. The van der Waals surface area contributed by atoms with Crippen molar-refractivity contribution >= 4 is 62.9 Å². The quantitative estimate of drug-likeness (QED) is 0.0832. The maximum atomic E-state index is 12.6. The predicted octanol–water partition coefficient (Wildman–Crippen LogP) is 5.91. The number of carbonyl (C=O) groups is 2. The summed E-state index contributed by atoms with van der Waals surface area (Å²) >= 11 is 8.93. The van der Waals surface area contributed by atoms with E-state index in [9.17, 15) is 9.59 Å². The van der Waals surface area contributed by atoms with E-state index in [0.717, 1.165) is 27.2 Å². The third-order valence-corrected chi connectivity index (χ3v) is 7.94. The smallest absolute Gasteiger partial charge is 0.355 e. The Morgan fingerprint density at radius 1 is 1.05 bits per heavy atom. The molecule has 5 aromatic rings. The number of nitrogens with one attached hydrogen (secondary N) is 1. The number of esters is 1. The number of nitrogens with zero attached hydrogens (tertiary/aromatic N) is 4. The van der Waals surface area contributed by atoms with Crippen molar-refractivity contribution in [2.75, 3.05) is 5.75 Å². The normalized spacial score (nSPS) is 11.2. The Kier molecular flexibility index (Phi) is 7.83. The summed E-state index contributed by atoms with van der Waals surface area (Å²) < 4.78 is 8.30. The highest BCUT2D eigenvalue weighted by Gasteiger charge is 2.19. The summed E-state index contributed by atoms with van der Waals surface area (Å²) in [7, 11) is 0. The Morgan fingerprint density at radius 2 is 1.79 bits per heavy atom. The second-order valence-corrected chi connectivity index (χ2v) is 10.4. The van der Waals surface area contributed by atoms with Crippen LogP contribution >= 0.6 is 34.7 Å².